The van der Waals surface area contributed by atoms with Gasteiger partial charge in [-0.05, 0) is 11.4 Å². The van der Waals surface area contributed by atoms with Crippen LogP contribution in [0.4, 0.5) is 0 Å². The molecule has 0 aromatic carbocycles. The average molecular weight is 298 g/mol. The summed E-state index contributed by atoms with van der Waals surface area (Å²) < 4.78 is 5.28. The highest BCUT2D eigenvalue weighted by Gasteiger charge is 2.26. The van der Waals surface area contributed by atoms with E-state index < -0.39 is 5.97 Å². The van der Waals surface area contributed by atoms with Crippen molar-refractivity contribution in [3.05, 3.63) is 22.4 Å². The van der Waals surface area contributed by atoms with Crippen LogP contribution in [0.25, 0.3) is 0 Å². The minimum Gasteiger partial charge on any atom is -0.481 e. The molecule has 6 nitrogen and oxygen atoms in total. The van der Waals surface area contributed by atoms with Gasteiger partial charge in [0.2, 0.25) is 5.91 Å². The van der Waals surface area contributed by atoms with E-state index in [4.69, 9.17) is 9.84 Å². The lowest BCUT2D eigenvalue weighted by Crippen LogP contribution is -2.50. The van der Waals surface area contributed by atoms with Gasteiger partial charge in [0.1, 0.15) is 0 Å². The second-order valence-electron chi connectivity index (χ2n) is 4.65. The number of nitrogens with one attached hydrogen (secondary N) is 1. The lowest BCUT2D eigenvalue weighted by atomic mass is 10.1. The normalized spacial score (nSPS) is 19.7. The summed E-state index contributed by atoms with van der Waals surface area (Å²) in [5, 5.41) is 13.7. The van der Waals surface area contributed by atoms with Gasteiger partial charge in [-0.1, -0.05) is 6.07 Å². The Morgan fingerprint density at radius 1 is 1.55 bits per heavy atom. The molecule has 0 bridgehead atoms. The minimum atomic E-state index is -0.871. The molecule has 1 saturated heterocycles. The zero-order chi connectivity index (χ0) is 14.4. The topological polar surface area (TPSA) is 78.9 Å². The van der Waals surface area contributed by atoms with Crippen LogP contribution in [-0.4, -0.2) is 54.2 Å². The Morgan fingerprint density at radius 2 is 2.40 bits per heavy atom. The number of morpholine rings is 1. The molecule has 0 radical (unpaired) electrons. The Kier molecular flexibility index (Phi) is 5.51. The Balaban J connectivity index is 1.80. The highest BCUT2D eigenvalue weighted by atomic mass is 32.1. The largest absolute Gasteiger partial charge is 0.481 e. The first kappa shape index (κ1) is 15.0. The van der Waals surface area contributed by atoms with Crippen LogP contribution in [0.3, 0.4) is 0 Å². The fourth-order valence-electron chi connectivity index (χ4n) is 2.13. The number of nitrogens with zero attached hydrogens (tertiary/aromatic N) is 1. The summed E-state index contributed by atoms with van der Waals surface area (Å²) in [7, 11) is 0. The number of rotatable bonds is 6. The van der Waals surface area contributed by atoms with Gasteiger partial charge in [0.15, 0.2) is 0 Å². The molecule has 2 heterocycles. The van der Waals surface area contributed by atoms with Crippen molar-refractivity contribution in [3.8, 4) is 0 Å². The zero-order valence-corrected chi connectivity index (χ0v) is 11.9. The van der Waals surface area contributed by atoms with E-state index in [1.54, 1.807) is 11.3 Å². The van der Waals surface area contributed by atoms with Crippen LogP contribution >= 0.6 is 11.3 Å². The maximum atomic E-state index is 11.9. The van der Waals surface area contributed by atoms with Gasteiger partial charge >= 0.3 is 5.97 Å². The first-order valence-corrected chi connectivity index (χ1v) is 7.36. The Labute approximate surface area is 121 Å². The summed E-state index contributed by atoms with van der Waals surface area (Å²) in [6.45, 7) is 2.22. The molecule has 0 saturated carbocycles. The maximum Gasteiger partial charge on any atom is 0.305 e. The molecule has 2 rings (SSSR count). The summed E-state index contributed by atoms with van der Waals surface area (Å²) in [6.07, 6.45) is -0.00178. The van der Waals surface area contributed by atoms with Crippen molar-refractivity contribution in [2.45, 2.75) is 19.0 Å². The molecule has 110 valence electrons. The predicted molar refractivity (Wildman–Crippen MR) is 74.6 cm³/mol. The molecule has 0 spiro atoms. The van der Waals surface area contributed by atoms with Crippen LogP contribution in [0, 0.1) is 0 Å². The summed E-state index contributed by atoms with van der Waals surface area (Å²) in [5.74, 6) is -0.958. The molecule has 1 unspecified atom stereocenters. The van der Waals surface area contributed by atoms with Crippen molar-refractivity contribution < 1.29 is 19.4 Å². The molecule has 1 aliphatic rings. The maximum absolute atomic E-state index is 11.9. The first-order valence-electron chi connectivity index (χ1n) is 6.48. The molecule has 1 aliphatic heterocycles. The Bertz CT molecular complexity index is 449. The molecular formula is C13H18N2O4S. The van der Waals surface area contributed by atoms with Gasteiger partial charge in [-0.25, -0.2) is 0 Å². The Morgan fingerprint density at radius 3 is 3.10 bits per heavy atom. The van der Waals surface area contributed by atoms with Crippen LogP contribution in [0.2, 0.25) is 0 Å². The lowest BCUT2D eigenvalue weighted by Gasteiger charge is -2.34. The van der Waals surface area contributed by atoms with E-state index in [1.165, 1.54) is 0 Å². The average Bonchev–Trinajstić information content (AvgIpc) is 2.91. The van der Waals surface area contributed by atoms with Gasteiger partial charge in [0, 0.05) is 17.5 Å². The van der Waals surface area contributed by atoms with Crippen molar-refractivity contribution in [3.63, 3.8) is 0 Å². The van der Waals surface area contributed by atoms with Gasteiger partial charge in [0.05, 0.1) is 32.7 Å². The molecule has 20 heavy (non-hydrogen) atoms. The number of ether oxygens (including phenoxy) is 1. The van der Waals surface area contributed by atoms with E-state index in [0.29, 0.717) is 26.3 Å². The molecule has 1 aromatic heterocycles. The van der Waals surface area contributed by atoms with Gasteiger partial charge in [0.25, 0.3) is 0 Å². The minimum absolute atomic E-state index is 0.00178. The van der Waals surface area contributed by atoms with Gasteiger partial charge in [-0.2, -0.15) is 0 Å². The highest BCUT2D eigenvalue weighted by molar-refractivity contribution is 7.09. The SMILES string of the molecule is O=C(O)CC1COCCN1CC(=O)NCc1cccs1. The zero-order valence-electron chi connectivity index (χ0n) is 11.1. The summed E-state index contributed by atoms with van der Waals surface area (Å²) in [4.78, 5) is 25.7. The molecule has 1 aromatic rings. The number of thiophene rings is 1. The number of hydrogen-bond acceptors (Lipinski definition) is 5. The van der Waals surface area contributed by atoms with Gasteiger partial charge < -0.3 is 15.2 Å². The molecular weight excluding hydrogens is 280 g/mol. The van der Waals surface area contributed by atoms with E-state index in [2.05, 4.69) is 5.32 Å². The smallest absolute Gasteiger partial charge is 0.305 e. The molecule has 1 fully saturated rings. The molecule has 1 amide bonds. The Hall–Kier alpha value is -1.44. The van der Waals surface area contributed by atoms with Crippen LogP contribution in [0.15, 0.2) is 17.5 Å². The fraction of sp³-hybridized carbons (Fsp3) is 0.538. The van der Waals surface area contributed by atoms with Crippen LogP contribution in [0.5, 0.6) is 0 Å². The number of amides is 1. The van der Waals surface area contributed by atoms with Crippen LogP contribution in [-0.2, 0) is 20.9 Å². The van der Waals surface area contributed by atoms with Crippen molar-refractivity contribution in [1.82, 2.24) is 10.2 Å². The van der Waals surface area contributed by atoms with Crippen molar-refractivity contribution in [2.75, 3.05) is 26.3 Å². The van der Waals surface area contributed by atoms with E-state index in [-0.39, 0.29) is 24.9 Å². The second kappa shape index (κ2) is 7.37. The van der Waals surface area contributed by atoms with Crippen LogP contribution < -0.4 is 5.32 Å². The van der Waals surface area contributed by atoms with E-state index >= 15 is 0 Å². The van der Waals surface area contributed by atoms with Crippen molar-refractivity contribution in [1.29, 1.82) is 0 Å². The number of aliphatic carboxylic acids is 1. The summed E-state index contributed by atoms with van der Waals surface area (Å²) >= 11 is 1.59. The van der Waals surface area contributed by atoms with Crippen LogP contribution in [0.1, 0.15) is 11.3 Å². The number of carboxylic acid groups (broad SMARTS) is 1. The van der Waals surface area contributed by atoms with Gasteiger partial charge in [-0.15, -0.1) is 11.3 Å². The molecule has 1 atom stereocenters. The number of carbonyl (C=O) groups is 2. The van der Waals surface area contributed by atoms with E-state index in [1.807, 2.05) is 22.4 Å². The highest BCUT2D eigenvalue weighted by Crippen LogP contribution is 2.11. The molecule has 2 N–H and O–H groups in total. The predicted octanol–water partition coefficient (Wildman–Crippen LogP) is 0.540. The third-order valence-corrected chi connectivity index (χ3v) is 4.02. The molecule has 0 aliphatic carbocycles. The standard InChI is InChI=1S/C13H18N2O4S/c16-12(14-7-11-2-1-5-20-11)8-15-3-4-19-9-10(15)6-13(17)18/h1-2,5,10H,3-4,6-9H2,(H,14,16)(H,17,18). The van der Waals surface area contributed by atoms with E-state index in [9.17, 15) is 9.59 Å². The first-order chi connectivity index (χ1) is 9.65. The summed E-state index contributed by atoms with van der Waals surface area (Å²) in [6, 6.07) is 3.68. The number of carbonyl (C=O) groups excluding carboxylic acids is 1. The molecule has 7 heteroatoms. The summed E-state index contributed by atoms with van der Waals surface area (Å²) in [5.41, 5.74) is 0. The third-order valence-electron chi connectivity index (χ3n) is 3.15. The second-order valence-corrected chi connectivity index (χ2v) is 5.69. The quantitative estimate of drug-likeness (QED) is 0.801. The lowest BCUT2D eigenvalue weighted by molar-refractivity contribution is -0.141. The van der Waals surface area contributed by atoms with Crippen molar-refractivity contribution >= 4 is 23.2 Å². The number of hydrogen-bond donors (Lipinski definition) is 2. The third kappa shape index (κ3) is 4.59. The fourth-order valence-corrected chi connectivity index (χ4v) is 2.77. The monoisotopic (exact) mass is 298 g/mol. The van der Waals surface area contributed by atoms with Gasteiger partial charge in [-0.3, -0.25) is 14.5 Å². The number of carboxylic acids is 1. The van der Waals surface area contributed by atoms with Crippen molar-refractivity contribution in [2.24, 2.45) is 0 Å². The van der Waals surface area contributed by atoms with E-state index in [0.717, 1.165) is 4.88 Å².